The van der Waals surface area contributed by atoms with Crippen molar-refractivity contribution < 1.29 is 17.2 Å². The lowest BCUT2D eigenvalue weighted by Crippen LogP contribution is -2.41. The summed E-state index contributed by atoms with van der Waals surface area (Å²) < 4.78 is 51.0. The summed E-state index contributed by atoms with van der Waals surface area (Å²) in [6, 6.07) is 5.03. The molecule has 0 heterocycles. The van der Waals surface area contributed by atoms with E-state index in [1.54, 1.807) is 10.8 Å². The molecule has 0 atom stereocenters. The number of hydrogen-bond acceptors (Lipinski definition) is 4. The molecule has 0 spiro atoms. The molecule has 0 amide bonds. The van der Waals surface area contributed by atoms with Gasteiger partial charge in [0.25, 0.3) is 5.92 Å². The van der Waals surface area contributed by atoms with Crippen LogP contribution >= 0.6 is 24.0 Å². The van der Waals surface area contributed by atoms with E-state index in [2.05, 4.69) is 0 Å². The van der Waals surface area contributed by atoms with Crippen molar-refractivity contribution in [1.82, 2.24) is 4.72 Å². The molecule has 0 radical (unpaired) electrons. The number of nitrogens with one attached hydrogen (secondary N) is 1. The van der Waals surface area contributed by atoms with Gasteiger partial charge in [-0.2, -0.15) is 5.26 Å². The molecule has 3 N–H and O–H groups in total. The predicted molar refractivity (Wildman–Crippen MR) is 72.6 cm³/mol. The molecule has 0 aliphatic rings. The van der Waals surface area contributed by atoms with E-state index in [0.717, 1.165) is 12.1 Å². The number of nitrogens with two attached hydrogens (primary N) is 1. The molecule has 1 rings (SSSR count). The summed E-state index contributed by atoms with van der Waals surface area (Å²) in [5.74, 6) is -3.34. The van der Waals surface area contributed by atoms with Gasteiger partial charge in [-0.25, -0.2) is 21.9 Å². The smallest absolute Gasteiger partial charge is 0.273 e. The highest BCUT2D eigenvalue weighted by atomic mass is 35.5. The molecule has 0 aliphatic carbocycles. The van der Waals surface area contributed by atoms with Crippen LogP contribution in [0.1, 0.15) is 5.56 Å². The number of benzene rings is 1. The number of rotatable bonds is 5. The van der Waals surface area contributed by atoms with E-state index in [9.17, 15) is 17.2 Å². The van der Waals surface area contributed by atoms with Crippen LogP contribution in [-0.2, 0) is 10.0 Å². The molecule has 10 heteroatoms. The van der Waals surface area contributed by atoms with Gasteiger partial charge in [0.2, 0.25) is 10.0 Å². The van der Waals surface area contributed by atoms with Gasteiger partial charge in [0.15, 0.2) is 0 Å². The molecule has 0 aromatic heterocycles. The van der Waals surface area contributed by atoms with Gasteiger partial charge in [-0.1, -0.05) is 11.6 Å². The zero-order chi connectivity index (χ0) is 14.7. The summed E-state index contributed by atoms with van der Waals surface area (Å²) in [6.45, 7) is -2.09. The van der Waals surface area contributed by atoms with Crippen LogP contribution in [0.3, 0.4) is 0 Å². The Labute approximate surface area is 126 Å². The van der Waals surface area contributed by atoms with Crippen LogP contribution in [0, 0.1) is 11.3 Å². The Morgan fingerprint density at radius 3 is 2.55 bits per heavy atom. The number of halogens is 4. The van der Waals surface area contributed by atoms with E-state index in [4.69, 9.17) is 22.6 Å². The van der Waals surface area contributed by atoms with Crippen molar-refractivity contribution in [3.8, 4) is 6.07 Å². The zero-order valence-corrected chi connectivity index (χ0v) is 12.3. The van der Waals surface area contributed by atoms with Crippen LogP contribution in [0.5, 0.6) is 0 Å². The van der Waals surface area contributed by atoms with E-state index >= 15 is 0 Å². The summed E-state index contributed by atoms with van der Waals surface area (Å²) in [6.07, 6.45) is 0. The van der Waals surface area contributed by atoms with E-state index in [-0.39, 0.29) is 27.9 Å². The van der Waals surface area contributed by atoms with Gasteiger partial charge >= 0.3 is 0 Å². The van der Waals surface area contributed by atoms with Gasteiger partial charge in [-0.3, -0.25) is 0 Å². The summed E-state index contributed by atoms with van der Waals surface area (Å²) in [7, 11) is -4.15. The Kier molecular flexibility index (Phi) is 6.80. The van der Waals surface area contributed by atoms with E-state index in [1.807, 2.05) is 0 Å². The molecule has 0 bridgehead atoms. The third kappa shape index (κ3) is 4.85. The first kappa shape index (κ1) is 19.0. The first-order chi connectivity index (χ1) is 8.72. The van der Waals surface area contributed by atoms with Crippen molar-refractivity contribution in [3.63, 3.8) is 0 Å². The van der Waals surface area contributed by atoms with Crippen molar-refractivity contribution in [3.05, 3.63) is 28.8 Å². The molecule has 0 aliphatic heterocycles. The largest absolute Gasteiger partial charge is 0.325 e. The second-order valence-corrected chi connectivity index (χ2v) is 5.81. The number of nitrogens with zero attached hydrogens (tertiary/aromatic N) is 1. The highest BCUT2D eigenvalue weighted by Crippen LogP contribution is 2.20. The van der Waals surface area contributed by atoms with Crippen molar-refractivity contribution in [2.75, 3.05) is 13.1 Å². The highest BCUT2D eigenvalue weighted by Gasteiger charge is 2.29. The first-order valence-electron chi connectivity index (χ1n) is 4.99. The average Bonchev–Trinajstić information content (AvgIpc) is 2.37. The van der Waals surface area contributed by atoms with Crippen molar-refractivity contribution >= 4 is 34.0 Å². The lowest BCUT2D eigenvalue weighted by atomic mass is 10.2. The summed E-state index contributed by atoms with van der Waals surface area (Å²) in [5, 5.41) is 8.80. The lowest BCUT2D eigenvalue weighted by Gasteiger charge is -2.14. The van der Waals surface area contributed by atoms with E-state index in [0.29, 0.717) is 0 Å². The van der Waals surface area contributed by atoms with Gasteiger partial charge in [0.05, 0.1) is 28.6 Å². The minimum Gasteiger partial charge on any atom is -0.325 e. The normalized spacial score (nSPS) is 11.6. The van der Waals surface area contributed by atoms with Crippen LogP contribution in [0.2, 0.25) is 5.02 Å². The third-order valence-electron chi connectivity index (χ3n) is 2.19. The molecule has 0 unspecified atom stereocenters. The minimum absolute atomic E-state index is 0. The van der Waals surface area contributed by atoms with Crippen LogP contribution in [0.25, 0.3) is 0 Å². The summed E-state index contributed by atoms with van der Waals surface area (Å²) >= 11 is 5.64. The SMILES string of the molecule is Cl.N#Cc1cc(S(=O)(=O)NCC(F)(F)CN)ccc1Cl. The fourth-order valence-electron chi connectivity index (χ4n) is 1.11. The van der Waals surface area contributed by atoms with E-state index in [1.165, 1.54) is 6.07 Å². The van der Waals surface area contributed by atoms with Crippen molar-refractivity contribution in [1.29, 1.82) is 5.26 Å². The maximum atomic E-state index is 12.9. The van der Waals surface area contributed by atoms with Gasteiger partial charge in [0, 0.05) is 0 Å². The average molecular weight is 346 g/mol. The number of alkyl halides is 2. The van der Waals surface area contributed by atoms with Crippen LogP contribution < -0.4 is 10.5 Å². The van der Waals surface area contributed by atoms with E-state index < -0.39 is 29.0 Å². The second kappa shape index (κ2) is 7.15. The van der Waals surface area contributed by atoms with Crippen molar-refractivity contribution in [2.24, 2.45) is 5.73 Å². The van der Waals surface area contributed by atoms with Gasteiger partial charge < -0.3 is 5.73 Å². The number of nitriles is 1. The van der Waals surface area contributed by atoms with Crippen LogP contribution in [-0.4, -0.2) is 27.4 Å². The molecule has 112 valence electrons. The Morgan fingerprint density at radius 1 is 1.45 bits per heavy atom. The van der Waals surface area contributed by atoms with Crippen LogP contribution in [0.15, 0.2) is 23.1 Å². The quantitative estimate of drug-likeness (QED) is 0.845. The Hall–Kier alpha value is -0.980. The molecule has 0 fully saturated rings. The topological polar surface area (TPSA) is 96.0 Å². The Balaban J connectivity index is 0.00000361. The number of hydrogen-bond donors (Lipinski definition) is 2. The fraction of sp³-hybridized carbons (Fsp3) is 0.300. The monoisotopic (exact) mass is 345 g/mol. The zero-order valence-electron chi connectivity index (χ0n) is 9.94. The summed E-state index contributed by atoms with van der Waals surface area (Å²) in [4.78, 5) is -0.318. The fourth-order valence-corrected chi connectivity index (χ4v) is 2.36. The lowest BCUT2D eigenvalue weighted by molar-refractivity contribution is 0.0170. The maximum Gasteiger partial charge on any atom is 0.273 e. The van der Waals surface area contributed by atoms with Crippen molar-refractivity contribution in [2.45, 2.75) is 10.8 Å². The summed E-state index contributed by atoms with van der Waals surface area (Å²) in [5.41, 5.74) is 4.73. The molecular formula is C10H11Cl2F2N3O2S. The Morgan fingerprint density at radius 2 is 2.05 bits per heavy atom. The molecule has 1 aromatic carbocycles. The highest BCUT2D eigenvalue weighted by molar-refractivity contribution is 7.89. The molecule has 20 heavy (non-hydrogen) atoms. The van der Waals surface area contributed by atoms with Crippen LogP contribution in [0.4, 0.5) is 8.78 Å². The molecular weight excluding hydrogens is 335 g/mol. The molecule has 5 nitrogen and oxygen atoms in total. The van der Waals surface area contributed by atoms with Gasteiger partial charge in [-0.05, 0) is 18.2 Å². The standard InChI is InChI=1S/C10H10ClF2N3O2S.ClH/c11-9-2-1-8(3-7(9)4-14)19(17,18)16-6-10(12,13)5-15;/h1-3,16H,5-6,15H2;1H. The maximum absolute atomic E-state index is 12.9. The van der Waals surface area contributed by atoms with Gasteiger partial charge in [-0.15, -0.1) is 12.4 Å². The molecule has 1 aromatic rings. The number of sulfonamides is 1. The Bertz CT molecular complexity index is 617. The predicted octanol–water partition coefficient (Wildman–Crippen LogP) is 1.51. The molecule has 0 saturated carbocycles. The first-order valence-corrected chi connectivity index (χ1v) is 6.85. The minimum atomic E-state index is -4.15. The second-order valence-electron chi connectivity index (χ2n) is 3.64. The van der Waals surface area contributed by atoms with Gasteiger partial charge in [0.1, 0.15) is 6.07 Å². The third-order valence-corrected chi connectivity index (χ3v) is 3.92. The molecule has 0 saturated heterocycles.